The van der Waals surface area contributed by atoms with Crippen LogP contribution in [0.2, 0.25) is 0 Å². The van der Waals surface area contributed by atoms with Crippen molar-refractivity contribution in [1.82, 2.24) is 0 Å². The van der Waals surface area contributed by atoms with Gasteiger partial charge in [0.15, 0.2) is 11.6 Å². The second-order valence-corrected chi connectivity index (χ2v) is 5.68. The quantitative estimate of drug-likeness (QED) is 0.803. The highest BCUT2D eigenvalue weighted by Crippen LogP contribution is 2.36. The Morgan fingerprint density at radius 2 is 1.59 bits per heavy atom. The number of ether oxygens (including phenoxy) is 2. The summed E-state index contributed by atoms with van der Waals surface area (Å²) in [6.07, 6.45) is 0. The zero-order valence-corrected chi connectivity index (χ0v) is 12.9. The Kier molecular flexibility index (Phi) is 4.10. The lowest BCUT2D eigenvalue weighted by Gasteiger charge is -2.27. The first-order valence-corrected chi connectivity index (χ1v) is 7.58. The Bertz CT molecular complexity index is 657. The summed E-state index contributed by atoms with van der Waals surface area (Å²) in [7, 11) is 0. The van der Waals surface area contributed by atoms with E-state index in [9.17, 15) is 4.79 Å². The van der Waals surface area contributed by atoms with E-state index in [2.05, 4.69) is 0 Å². The van der Waals surface area contributed by atoms with Crippen molar-refractivity contribution in [2.45, 2.75) is 25.6 Å². The normalized spacial score (nSPS) is 18.1. The minimum absolute atomic E-state index is 0.106. The molecule has 3 rings (SSSR count). The second-order valence-electron chi connectivity index (χ2n) is 5.68. The van der Waals surface area contributed by atoms with Crippen LogP contribution < -0.4 is 0 Å². The summed E-state index contributed by atoms with van der Waals surface area (Å²) in [5, 5.41) is 0. The number of hydrogen-bond acceptors (Lipinski definition) is 3. The van der Waals surface area contributed by atoms with Crippen LogP contribution in [0.1, 0.15) is 41.3 Å². The van der Waals surface area contributed by atoms with Crippen LogP contribution >= 0.6 is 0 Å². The highest BCUT2D eigenvalue weighted by atomic mass is 16.7. The van der Waals surface area contributed by atoms with E-state index in [1.165, 1.54) is 0 Å². The molecule has 3 heteroatoms. The van der Waals surface area contributed by atoms with Crippen molar-refractivity contribution in [3.8, 4) is 0 Å². The number of Topliss-reactive ketones (excluding diaryl/α,β-unsaturated/α-hetero) is 1. The molecule has 0 N–H and O–H groups in total. The number of benzene rings is 2. The van der Waals surface area contributed by atoms with Gasteiger partial charge in [-0.2, -0.15) is 0 Å². The first-order valence-electron chi connectivity index (χ1n) is 7.58. The number of carbonyl (C=O) groups is 1. The van der Waals surface area contributed by atoms with Gasteiger partial charge in [0, 0.05) is 17.0 Å². The first kappa shape index (κ1) is 14.9. The maximum Gasteiger partial charge on any atom is 0.192 e. The van der Waals surface area contributed by atoms with Gasteiger partial charge in [-0.05, 0) is 12.5 Å². The summed E-state index contributed by atoms with van der Waals surface area (Å²) in [5.41, 5.74) is 2.62. The molecule has 1 heterocycles. The highest BCUT2D eigenvalue weighted by molar-refractivity contribution is 6.00. The van der Waals surface area contributed by atoms with E-state index >= 15 is 0 Å². The maximum absolute atomic E-state index is 12.7. The molecule has 1 atom stereocenters. The molecule has 3 nitrogen and oxygen atoms in total. The lowest BCUT2D eigenvalue weighted by molar-refractivity contribution is -0.150. The molecule has 1 aliphatic heterocycles. The summed E-state index contributed by atoms with van der Waals surface area (Å²) in [4.78, 5) is 12.7. The standard InChI is InChI=1S/C19H20O3/c1-14(18(20)15-8-4-3-5-9-15)16-10-6-7-11-17(16)19(2)21-12-13-22-19/h3-11,14H,12-13H2,1-2H3. The van der Waals surface area contributed by atoms with Gasteiger partial charge in [0.05, 0.1) is 13.2 Å². The van der Waals surface area contributed by atoms with Crippen molar-refractivity contribution < 1.29 is 14.3 Å². The molecule has 1 aliphatic rings. The van der Waals surface area contributed by atoms with Gasteiger partial charge in [0.25, 0.3) is 0 Å². The molecule has 1 unspecified atom stereocenters. The molecule has 0 bridgehead atoms. The minimum Gasteiger partial charge on any atom is -0.344 e. The van der Waals surface area contributed by atoms with Crippen molar-refractivity contribution in [3.63, 3.8) is 0 Å². The molecule has 114 valence electrons. The fourth-order valence-corrected chi connectivity index (χ4v) is 2.95. The SMILES string of the molecule is CC(C(=O)c1ccccc1)c1ccccc1C1(C)OCCO1. The van der Waals surface area contributed by atoms with Crippen molar-refractivity contribution in [2.75, 3.05) is 13.2 Å². The average Bonchev–Trinajstić information content (AvgIpc) is 3.02. The summed E-state index contributed by atoms with van der Waals surface area (Å²) >= 11 is 0. The smallest absolute Gasteiger partial charge is 0.192 e. The molecule has 0 radical (unpaired) electrons. The molecule has 2 aromatic rings. The second kappa shape index (κ2) is 6.03. The predicted octanol–water partition coefficient (Wildman–Crippen LogP) is 3.89. The predicted molar refractivity (Wildman–Crippen MR) is 84.9 cm³/mol. The first-order chi connectivity index (χ1) is 10.6. The van der Waals surface area contributed by atoms with Crippen molar-refractivity contribution in [2.24, 2.45) is 0 Å². The van der Waals surface area contributed by atoms with Gasteiger partial charge < -0.3 is 9.47 Å². The molecule has 2 aromatic carbocycles. The van der Waals surface area contributed by atoms with Crippen LogP contribution in [0.25, 0.3) is 0 Å². The zero-order valence-electron chi connectivity index (χ0n) is 12.9. The van der Waals surface area contributed by atoms with Crippen LogP contribution in [-0.2, 0) is 15.3 Å². The molecule has 0 aromatic heterocycles. The Balaban J connectivity index is 1.96. The number of hydrogen-bond donors (Lipinski definition) is 0. The van der Waals surface area contributed by atoms with E-state index in [1.807, 2.05) is 68.4 Å². The molecule has 0 spiro atoms. The molecule has 0 amide bonds. The summed E-state index contributed by atoms with van der Waals surface area (Å²) in [5.74, 6) is -0.903. The van der Waals surface area contributed by atoms with Crippen LogP contribution in [0.3, 0.4) is 0 Å². The van der Waals surface area contributed by atoms with E-state index in [-0.39, 0.29) is 11.7 Å². The Labute approximate surface area is 130 Å². The largest absolute Gasteiger partial charge is 0.344 e. The number of ketones is 1. The minimum atomic E-state index is -0.762. The van der Waals surface area contributed by atoms with Crippen molar-refractivity contribution >= 4 is 5.78 Å². The zero-order chi connectivity index (χ0) is 15.6. The van der Waals surface area contributed by atoms with Gasteiger partial charge in [0.1, 0.15) is 0 Å². The third-order valence-corrected chi connectivity index (χ3v) is 4.21. The van der Waals surface area contributed by atoms with Crippen molar-refractivity contribution in [1.29, 1.82) is 0 Å². The third kappa shape index (κ3) is 2.70. The molecule has 1 saturated heterocycles. The summed E-state index contributed by atoms with van der Waals surface area (Å²) in [6, 6.07) is 17.3. The topological polar surface area (TPSA) is 35.5 Å². The van der Waals surface area contributed by atoms with Crippen LogP contribution in [0.4, 0.5) is 0 Å². The summed E-state index contributed by atoms with van der Waals surface area (Å²) in [6.45, 7) is 5.00. The van der Waals surface area contributed by atoms with Gasteiger partial charge in [0.2, 0.25) is 0 Å². The van der Waals surface area contributed by atoms with Crippen LogP contribution in [0.15, 0.2) is 54.6 Å². The molecule has 1 fully saturated rings. The fourth-order valence-electron chi connectivity index (χ4n) is 2.95. The summed E-state index contributed by atoms with van der Waals surface area (Å²) < 4.78 is 11.5. The van der Waals surface area contributed by atoms with Crippen LogP contribution in [0, 0.1) is 0 Å². The molecule has 22 heavy (non-hydrogen) atoms. The highest BCUT2D eigenvalue weighted by Gasteiger charge is 2.36. The maximum atomic E-state index is 12.7. The van der Waals surface area contributed by atoms with E-state index in [0.717, 1.165) is 16.7 Å². The lowest BCUT2D eigenvalue weighted by Crippen LogP contribution is -2.26. The Morgan fingerprint density at radius 3 is 2.27 bits per heavy atom. The van der Waals surface area contributed by atoms with Gasteiger partial charge in [-0.25, -0.2) is 0 Å². The molecule has 0 saturated carbocycles. The van der Waals surface area contributed by atoms with E-state index < -0.39 is 5.79 Å². The average molecular weight is 296 g/mol. The van der Waals surface area contributed by atoms with Gasteiger partial charge in [-0.15, -0.1) is 0 Å². The lowest BCUT2D eigenvalue weighted by atomic mass is 9.87. The van der Waals surface area contributed by atoms with Gasteiger partial charge >= 0.3 is 0 Å². The third-order valence-electron chi connectivity index (χ3n) is 4.21. The van der Waals surface area contributed by atoms with E-state index in [4.69, 9.17) is 9.47 Å². The van der Waals surface area contributed by atoms with E-state index in [0.29, 0.717) is 13.2 Å². The molecule has 0 aliphatic carbocycles. The van der Waals surface area contributed by atoms with Gasteiger partial charge in [-0.1, -0.05) is 61.5 Å². The van der Waals surface area contributed by atoms with Crippen LogP contribution in [0.5, 0.6) is 0 Å². The molecular weight excluding hydrogens is 276 g/mol. The monoisotopic (exact) mass is 296 g/mol. The number of rotatable bonds is 4. The van der Waals surface area contributed by atoms with Gasteiger partial charge in [-0.3, -0.25) is 4.79 Å². The van der Waals surface area contributed by atoms with Crippen molar-refractivity contribution in [3.05, 3.63) is 71.3 Å². The number of carbonyl (C=O) groups excluding carboxylic acids is 1. The Hall–Kier alpha value is -1.97. The Morgan fingerprint density at radius 1 is 1.00 bits per heavy atom. The fraction of sp³-hybridized carbons (Fsp3) is 0.316. The van der Waals surface area contributed by atoms with E-state index in [1.54, 1.807) is 0 Å². The van der Waals surface area contributed by atoms with Crippen LogP contribution in [-0.4, -0.2) is 19.0 Å². The molecular formula is C19H20O3.